The molecule has 41 heavy (non-hydrogen) atoms. The minimum absolute atomic E-state index is 0.146. The van der Waals surface area contributed by atoms with Crippen molar-refractivity contribution in [3.05, 3.63) is 117 Å². The van der Waals surface area contributed by atoms with Gasteiger partial charge in [-0.05, 0) is 85.8 Å². The molecule has 7 heteroatoms. The average Bonchev–Trinajstić information content (AvgIpc) is 3.65. The first-order chi connectivity index (χ1) is 20.0. The van der Waals surface area contributed by atoms with Gasteiger partial charge in [-0.15, -0.1) is 0 Å². The maximum atomic E-state index is 13.4. The molecule has 0 aliphatic carbocycles. The fourth-order valence-electron chi connectivity index (χ4n) is 5.56. The summed E-state index contributed by atoms with van der Waals surface area (Å²) in [5, 5.41) is 13.6. The quantitative estimate of drug-likeness (QED) is 0.199. The molecule has 208 valence electrons. The van der Waals surface area contributed by atoms with Crippen LogP contribution in [0.4, 0.5) is 11.4 Å². The number of benzene rings is 3. The standard InChI is InChI=1S/C34H34N4O2S/c1-23(25-8-4-2-5-9-25)35-33(39)26-12-15-30-29(20-26)31(34(40)37-30)32(27-16-19-41-22-27)36-28-13-10-24(11-14-28)21-38-17-6-3-7-18-38/h2,4-5,8-16,19-20,22-23,36H,3,6-7,17-18,21H2,1H3,(H,35,39)(H,37,40)/t23-/m1/s1. The van der Waals surface area contributed by atoms with Gasteiger partial charge in [0.15, 0.2) is 0 Å². The molecule has 0 bridgehead atoms. The van der Waals surface area contributed by atoms with Gasteiger partial charge in [-0.1, -0.05) is 48.9 Å². The molecule has 6 rings (SSSR count). The molecule has 1 saturated heterocycles. The lowest BCUT2D eigenvalue weighted by atomic mass is 9.99. The van der Waals surface area contributed by atoms with Crippen LogP contribution >= 0.6 is 11.3 Å². The van der Waals surface area contributed by atoms with Crippen LogP contribution in [0.5, 0.6) is 0 Å². The number of hydrogen-bond acceptors (Lipinski definition) is 5. The first-order valence-electron chi connectivity index (χ1n) is 14.2. The topological polar surface area (TPSA) is 73.5 Å². The van der Waals surface area contributed by atoms with E-state index >= 15 is 0 Å². The number of nitrogens with zero attached hydrogens (tertiary/aromatic N) is 1. The van der Waals surface area contributed by atoms with Crippen LogP contribution in [0.2, 0.25) is 0 Å². The van der Waals surface area contributed by atoms with E-state index in [1.54, 1.807) is 17.4 Å². The van der Waals surface area contributed by atoms with E-state index in [1.165, 1.54) is 24.8 Å². The summed E-state index contributed by atoms with van der Waals surface area (Å²) in [5.41, 5.74) is 7.33. The number of carbonyl (C=O) groups excluding carboxylic acids is 2. The minimum Gasteiger partial charge on any atom is -0.354 e. The number of likely N-dealkylation sites (tertiary alicyclic amines) is 1. The van der Waals surface area contributed by atoms with E-state index in [4.69, 9.17) is 0 Å². The molecular weight excluding hydrogens is 528 g/mol. The maximum absolute atomic E-state index is 13.4. The third-order valence-electron chi connectivity index (χ3n) is 7.81. The highest BCUT2D eigenvalue weighted by molar-refractivity contribution is 7.08. The van der Waals surface area contributed by atoms with Crippen molar-refractivity contribution in [2.75, 3.05) is 23.7 Å². The number of thiophene rings is 1. The zero-order valence-electron chi connectivity index (χ0n) is 23.2. The minimum atomic E-state index is -0.189. The van der Waals surface area contributed by atoms with E-state index in [2.05, 4.69) is 45.1 Å². The van der Waals surface area contributed by atoms with Gasteiger partial charge in [0.1, 0.15) is 0 Å². The largest absolute Gasteiger partial charge is 0.354 e. The van der Waals surface area contributed by atoms with Crippen molar-refractivity contribution in [3.8, 4) is 0 Å². The number of nitrogens with one attached hydrogen (secondary N) is 3. The summed E-state index contributed by atoms with van der Waals surface area (Å²) >= 11 is 1.58. The number of carbonyl (C=O) groups is 2. The fraction of sp³-hybridized carbons (Fsp3) is 0.235. The molecule has 0 radical (unpaired) electrons. The second-order valence-electron chi connectivity index (χ2n) is 10.7. The highest BCUT2D eigenvalue weighted by atomic mass is 32.1. The number of amides is 2. The normalized spacial score (nSPS) is 17.0. The third kappa shape index (κ3) is 6.11. The Bertz CT molecular complexity index is 1560. The van der Waals surface area contributed by atoms with Crippen molar-refractivity contribution < 1.29 is 9.59 Å². The van der Waals surface area contributed by atoms with Gasteiger partial charge >= 0.3 is 0 Å². The molecule has 4 aromatic rings. The predicted octanol–water partition coefficient (Wildman–Crippen LogP) is 7.16. The van der Waals surface area contributed by atoms with Crippen molar-refractivity contribution in [1.82, 2.24) is 10.2 Å². The van der Waals surface area contributed by atoms with Crippen LogP contribution in [-0.4, -0.2) is 29.8 Å². The van der Waals surface area contributed by atoms with Gasteiger partial charge in [-0.3, -0.25) is 14.5 Å². The summed E-state index contributed by atoms with van der Waals surface area (Å²) in [4.78, 5) is 29.1. The molecule has 2 aliphatic heterocycles. The number of fused-ring (bicyclic) bond motifs is 1. The highest BCUT2D eigenvalue weighted by Crippen LogP contribution is 2.38. The zero-order chi connectivity index (χ0) is 28.2. The van der Waals surface area contributed by atoms with Crippen LogP contribution in [0, 0.1) is 0 Å². The summed E-state index contributed by atoms with van der Waals surface area (Å²) in [6.45, 7) is 5.25. The van der Waals surface area contributed by atoms with E-state index in [9.17, 15) is 9.59 Å². The molecule has 1 atom stereocenters. The summed E-state index contributed by atoms with van der Waals surface area (Å²) in [6, 6.07) is 25.6. The van der Waals surface area contributed by atoms with Gasteiger partial charge in [0, 0.05) is 40.0 Å². The lowest BCUT2D eigenvalue weighted by molar-refractivity contribution is -0.110. The summed E-state index contributed by atoms with van der Waals surface area (Å²) in [7, 11) is 0. The lowest BCUT2D eigenvalue weighted by Gasteiger charge is -2.26. The zero-order valence-corrected chi connectivity index (χ0v) is 24.0. The second kappa shape index (κ2) is 12.1. The molecule has 0 unspecified atom stereocenters. The van der Waals surface area contributed by atoms with Crippen LogP contribution in [0.25, 0.3) is 11.3 Å². The smallest absolute Gasteiger partial charge is 0.258 e. The van der Waals surface area contributed by atoms with Crippen molar-refractivity contribution in [2.45, 2.75) is 38.8 Å². The molecule has 0 spiro atoms. The van der Waals surface area contributed by atoms with Gasteiger partial charge in [0.25, 0.3) is 11.8 Å². The Morgan fingerprint density at radius 1 is 0.951 bits per heavy atom. The van der Waals surface area contributed by atoms with Gasteiger partial charge in [-0.25, -0.2) is 0 Å². The van der Waals surface area contributed by atoms with Crippen LogP contribution in [0.15, 0.2) is 89.6 Å². The number of anilines is 2. The maximum Gasteiger partial charge on any atom is 0.258 e. The van der Waals surface area contributed by atoms with Crippen LogP contribution in [-0.2, 0) is 11.3 Å². The van der Waals surface area contributed by atoms with Gasteiger partial charge < -0.3 is 16.0 Å². The van der Waals surface area contributed by atoms with Crippen molar-refractivity contribution >= 4 is 45.8 Å². The molecule has 3 heterocycles. The predicted molar refractivity (Wildman–Crippen MR) is 168 cm³/mol. The molecule has 0 saturated carbocycles. The molecule has 3 aromatic carbocycles. The average molecular weight is 563 g/mol. The summed E-state index contributed by atoms with van der Waals surface area (Å²) in [6.07, 6.45) is 3.88. The molecule has 6 nitrogen and oxygen atoms in total. The Morgan fingerprint density at radius 3 is 2.46 bits per heavy atom. The molecule has 1 fully saturated rings. The molecule has 1 aromatic heterocycles. The Morgan fingerprint density at radius 2 is 1.73 bits per heavy atom. The third-order valence-corrected chi connectivity index (χ3v) is 8.49. The van der Waals surface area contributed by atoms with Crippen molar-refractivity contribution in [1.29, 1.82) is 0 Å². The summed E-state index contributed by atoms with van der Waals surface area (Å²) in [5.74, 6) is -0.372. The van der Waals surface area contributed by atoms with Gasteiger partial charge in [0.2, 0.25) is 0 Å². The number of rotatable bonds is 8. The first-order valence-corrected chi connectivity index (χ1v) is 15.2. The van der Waals surface area contributed by atoms with Crippen LogP contribution in [0.3, 0.4) is 0 Å². The second-order valence-corrected chi connectivity index (χ2v) is 11.5. The number of piperidine rings is 1. The molecule has 2 amide bonds. The molecule has 2 aliphatic rings. The van der Waals surface area contributed by atoms with Crippen molar-refractivity contribution in [3.63, 3.8) is 0 Å². The van der Waals surface area contributed by atoms with E-state index in [0.29, 0.717) is 22.4 Å². The molecule has 3 N–H and O–H groups in total. The first kappa shape index (κ1) is 27.0. The van der Waals surface area contributed by atoms with Crippen molar-refractivity contribution in [2.24, 2.45) is 0 Å². The fourth-order valence-corrected chi connectivity index (χ4v) is 6.21. The highest BCUT2D eigenvalue weighted by Gasteiger charge is 2.30. The number of hydrogen-bond donors (Lipinski definition) is 3. The lowest BCUT2D eigenvalue weighted by Crippen LogP contribution is -2.29. The molecular formula is C34H34N4O2S. The summed E-state index contributed by atoms with van der Waals surface area (Å²) < 4.78 is 0. The SMILES string of the molecule is C[C@@H](NC(=O)c1ccc2c(c1)C(=C(Nc1ccc(CN3CCCCC3)cc1)c1ccsc1)C(=O)N2)c1ccccc1. The van der Waals surface area contributed by atoms with E-state index in [-0.39, 0.29) is 17.9 Å². The van der Waals surface area contributed by atoms with E-state index < -0.39 is 0 Å². The Hall–Kier alpha value is -4.20. The Balaban J connectivity index is 1.28. The van der Waals surface area contributed by atoms with Gasteiger partial charge in [0.05, 0.1) is 17.3 Å². The van der Waals surface area contributed by atoms with E-state index in [0.717, 1.165) is 42.1 Å². The Kier molecular flexibility index (Phi) is 7.98. The van der Waals surface area contributed by atoms with E-state index in [1.807, 2.05) is 66.2 Å². The van der Waals surface area contributed by atoms with Crippen LogP contribution in [0.1, 0.15) is 64.8 Å². The Labute approximate surface area is 245 Å². The van der Waals surface area contributed by atoms with Crippen LogP contribution < -0.4 is 16.0 Å². The van der Waals surface area contributed by atoms with Gasteiger partial charge in [-0.2, -0.15) is 11.3 Å². The monoisotopic (exact) mass is 562 g/mol.